The summed E-state index contributed by atoms with van der Waals surface area (Å²) < 4.78 is 0. The lowest BCUT2D eigenvalue weighted by Crippen LogP contribution is -2.23. The van der Waals surface area contributed by atoms with E-state index in [1.807, 2.05) is 11.8 Å². The smallest absolute Gasteiger partial charge is 0.00280 e. The lowest BCUT2D eigenvalue weighted by Gasteiger charge is -2.11. The maximum Gasteiger partial charge on any atom is 0.00280 e. The summed E-state index contributed by atoms with van der Waals surface area (Å²) in [4.78, 5) is 2.23. The highest BCUT2D eigenvalue weighted by Gasteiger charge is 1.97. The summed E-state index contributed by atoms with van der Waals surface area (Å²) in [7, 11) is 4.24. The van der Waals surface area contributed by atoms with E-state index in [2.05, 4.69) is 37.5 Å². The molecule has 0 heterocycles. The van der Waals surface area contributed by atoms with Crippen LogP contribution in [0.15, 0.2) is 0 Å². The Hall–Kier alpha value is 0.270. The topological polar surface area (TPSA) is 15.3 Å². The first-order valence-corrected chi connectivity index (χ1v) is 6.34. The van der Waals surface area contributed by atoms with Crippen molar-refractivity contribution in [2.45, 2.75) is 25.0 Å². The van der Waals surface area contributed by atoms with Gasteiger partial charge >= 0.3 is 0 Å². The molecular weight excluding hydrogens is 180 g/mol. The summed E-state index contributed by atoms with van der Waals surface area (Å²) in [5.74, 6) is 0. The van der Waals surface area contributed by atoms with Crippen molar-refractivity contribution in [3.8, 4) is 0 Å². The molecule has 0 spiro atoms. The third kappa shape index (κ3) is 10.2. The average Bonchev–Trinajstić information content (AvgIpc) is 2.10. The van der Waals surface area contributed by atoms with Gasteiger partial charge in [0.25, 0.3) is 0 Å². The monoisotopic (exact) mass is 204 g/mol. The molecule has 0 aliphatic heterocycles. The molecule has 1 unspecified atom stereocenters. The second-order valence-electron chi connectivity index (χ2n) is 3.74. The number of nitrogens with zero attached hydrogens (tertiary/aromatic N) is 1. The van der Waals surface area contributed by atoms with E-state index in [0.717, 1.165) is 18.3 Å². The normalized spacial score (nSPS) is 13.6. The fourth-order valence-electron chi connectivity index (χ4n) is 1.07. The van der Waals surface area contributed by atoms with Gasteiger partial charge in [0, 0.05) is 5.25 Å². The molecule has 0 amide bonds. The molecule has 1 atom stereocenters. The SMILES string of the molecule is CSC(C)CCNCCCN(C)C. The molecule has 0 aromatic carbocycles. The lowest BCUT2D eigenvalue weighted by molar-refractivity contribution is 0.394. The van der Waals surface area contributed by atoms with Crippen LogP contribution < -0.4 is 5.32 Å². The summed E-state index contributed by atoms with van der Waals surface area (Å²) in [6.45, 7) is 5.78. The van der Waals surface area contributed by atoms with Gasteiger partial charge in [-0.3, -0.25) is 0 Å². The van der Waals surface area contributed by atoms with Crippen LogP contribution in [0.3, 0.4) is 0 Å². The van der Waals surface area contributed by atoms with E-state index >= 15 is 0 Å². The van der Waals surface area contributed by atoms with Crippen LogP contribution in [0.1, 0.15) is 19.8 Å². The average molecular weight is 204 g/mol. The molecule has 80 valence electrons. The van der Waals surface area contributed by atoms with E-state index < -0.39 is 0 Å². The van der Waals surface area contributed by atoms with Crippen LogP contribution in [-0.4, -0.2) is 50.1 Å². The Morgan fingerprint density at radius 3 is 2.54 bits per heavy atom. The lowest BCUT2D eigenvalue weighted by atomic mass is 10.3. The zero-order valence-electron chi connectivity index (χ0n) is 9.47. The van der Waals surface area contributed by atoms with Crippen molar-refractivity contribution < 1.29 is 0 Å². The quantitative estimate of drug-likeness (QED) is 0.606. The maximum absolute atomic E-state index is 3.47. The van der Waals surface area contributed by atoms with Gasteiger partial charge in [0.15, 0.2) is 0 Å². The zero-order chi connectivity index (χ0) is 10.1. The number of hydrogen-bond acceptors (Lipinski definition) is 3. The molecular formula is C10H24N2S. The Labute approximate surface area is 87.5 Å². The molecule has 0 radical (unpaired) electrons. The van der Waals surface area contributed by atoms with Gasteiger partial charge < -0.3 is 10.2 Å². The molecule has 0 aliphatic carbocycles. The summed E-state index contributed by atoms with van der Waals surface area (Å²) >= 11 is 1.95. The van der Waals surface area contributed by atoms with Crippen LogP contribution in [0.5, 0.6) is 0 Å². The van der Waals surface area contributed by atoms with Crippen molar-refractivity contribution in [3.05, 3.63) is 0 Å². The molecule has 0 fully saturated rings. The van der Waals surface area contributed by atoms with Crippen molar-refractivity contribution >= 4 is 11.8 Å². The van der Waals surface area contributed by atoms with Gasteiger partial charge in [0.05, 0.1) is 0 Å². The molecule has 3 heteroatoms. The van der Waals surface area contributed by atoms with Crippen LogP contribution in [0.4, 0.5) is 0 Å². The van der Waals surface area contributed by atoms with Gasteiger partial charge in [-0.1, -0.05) is 6.92 Å². The van der Waals surface area contributed by atoms with Gasteiger partial charge in [0.2, 0.25) is 0 Å². The summed E-state index contributed by atoms with van der Waals surface area (Å²) in [5.41, 5.74) is 0. The van der Waals surface area contributed by atoms with Crippen molar-refractivity contribution in [1.82, 2.24) is 10.2 Å². The predicted octanol–water partition coefficient (Wildman–Crippen LogP) is 1.67. The highest BCUT2D eigenvalue weighted by atomic mass is 32.2. The third-order valence-electron chi connectivity index (χ3n) is 2.09. The van der Waals surface area contributed by atoms with Gasteiger partial charge in [-0.15, -0.1) is 0 Å². The Kier molecular flexibility index (Phi) is 9.03. The first-order valence-electron chi connectivity index (χ1n) is 5.05. The minimum atomic E-state index is 0.793. The number of rotatable bonds is 8. The fourth-order valence-corrected chi connectivity index (χ4v) is 1.42. The Bertz CT molecular complexity index is 107. The highest BCUT2D eigenvalue weighted by molar-refractivity contribution is 7.99. The molecule has 13 heavy (non-hydrogen) atoms. The van der Waals surface area contributed by atoms with Crippen molar-refractivity contribution in [2.24, 2.45) is 0 Å². The first-order chi connectivity index (χ1) is 6.16. The van der Waals surface area contributed by atoms with Crippen LogP contribution in [0, 0.1) is 0 Å². The summed E-state index contributed by atoms with van der Waals surface area (Å²) in [5, 5.41) is 4.26. The van der Waals surface area contributed by atoms with Gasteiger partial charge in [-0.05, 0) is 52.8 Å². The Morgan fingerprint density at radius 1 is 1.31 bits per heavy atom. The largest absolute Gasteiger partial charge is 0.317 e. The highest BCUT2D eigenvalue weighted by Crippen LogP contribution is 2.07. The molecule has 0 bridgehead atoms. The van der Waals surface area contributed by atoms with Gasteiger partial charge in [-0.2, -0.15) is 11.8 Å². The standard InChI is InChI=1S/C10H24N2S/c1-10(13-4)6-8-11-7-5-9-12(2)3/h10-11H,5-9H2,1-4H3. The number of nitrogens with one attached hydrogen (secondary N) is 1. The molecule has 0 aromatic heterocycles. The predicted molar refractivity (Wildman–Crippen MR) is 63.6 cm³/mol. The van der Waals surface area contributed by atoms with Crippen LogP contribution in [-0.2, 0) is 0 Å². The first kappa shape index (κ1) is 13.3. The maximum atomic E-state index is 3.47. The van der Waals surface area contributed by atoms with E-state index in [0.29, 0.717) is 0 Å². The van der Waals surface area contributed by atoms with Gasteiger partial charge in [0.1, 0.15) is 0 Å². The second-order valence-corrected chi connectivity index (χ2v) is 5.02. The summed E-state index contributed by atoms with van der Waals surface area (Å²) in [6.07, 6.45) is 4.71. The van der Waals surface area contributed by atoms with E-state index in [1.54, 1.807) is 0 Å². The van der Waals surface area contributed by atoms with E-state index in [4.69, 9.17) is 0 Å². The minimum Gasteiger partial charge on any atom is -0.317 e. The van der Waals surface area contributed by atoms with Crippen LogP contribution in [0.25, 0.3) is 0 Å². The van der Waals surface area contributed by atoms with Crippen molar-refractivity contribution in [3.63, 3.8) is 0 Å². The molecule has 0 saturated carbocycles. The minimum absolute atomic E-state index is 0.793. The van der Waals surface area contributed by atoms with Crippen molar-refractivity contribution in [2.75, 3.05) is 40.0 Å². The molecule has 0 rings (SSSR count). The Morgan fingerprint density at radius 2 is 2.00 bits per heavy atom. The number of thioether (sulfide) groups is 1. The van der Waals surface area contributed by atoms with E-state index in [1.165, 1.54) is 19.4 Å². The van der Waals surface area contributed by atoms with Crippen LogP contribution in [0.2, 0.25) is 0 Å². The molecule has 2 nitrogen and oxygen atoms in total. The molecule has 0 aromatic rings. The summed E-state index contributed by atoms with van der Waals surface area (Å²) in [6, 6.07) is 0. The zero-order valence-corrected chi connectivity index (χ0v) is 10.3. The fraction of sp³-hybridized carbons (Fsp3) is 1.00. The van der Waals surface area contributed by atoms with Crippen LogP contribution >= 0.6 is 11.8 Å². The Balaban J connectivity index is 2.99. The molecule has 0 saturated heterocycles. The number of hydrogen-bond donors (Lipinski definition) is 1. The van der Waals surface area contributed by atoms with E-state index in [9.17, 15) is 0 Å². The third-order valence-corrected chi connectivity index (χ3v) is 3.13. The molecule has 1 N–H and O–H groups in total. The van der Waals surface area contributed by atoms with E-state index in [-0.39, 0.29) is 0 Å². The molecule has 0 aliphatic rings. The second kappa shape index (κ2) is 8.85. The van der Waals surface area contributed by atoms with Gasteiger partial charge in [-0.25, -0.2) is 0 Å². The van der Waals surface area contributed by atoms with Crippen molar-refractivity contribution in [1.29, 1.82) is 0 Å².